The molecule has 0 radical (unpaired) electrons. The summed E-state index contributed by atoms with van der Waals surface area (Å²) in [5.74, 6) is 0.107. The number of fused-ring (bicyclic) bond motifs is 1. The van der Waals surface area contributed by atoms with E-state index in [9.17, 15) is 8.78 Å². The molecule has 0 unspecified atom stereocenters. The minimum atomic E-state index is -2.85. The molecule has 0 bridgehead atoms. The minimum Gasteiger partial charge on any atom is -0.432 e. The number of nitrogens with zero attached hydrogens (tertiary/aromatic N) is 1. The second-order valence-corrected chi connectivity index (χ2v) is 4.27. The number of aryl methyl sites for hydroxylation is 1. The molecule has 0 aliphatic carbocycles. The van der Waals surface area contributed by atoms with E-state index in [1.807, 2.05) is 19.1 Å². The Morgan fingerprint density at radius 1 is 1.37 bits per heavy atom. The molecule has 1 heterocycles. The molecule has 2 rings (SSSR count). The van der Waals surface area contributed by atoms with Gasteiger partial charge in [-0.1, -0.05) is 19.1 Å². The number of pyridine rings is 1. The van der Waals surface area contributed by atoms with Crippen molar-refractivity contribution in [2.24, 2.45) is 0 Å². The zero-order chi connectivity index (χ0) is 13.8. The van der Waals surface area contributed by atoms with E-state index in [2.05, 4.69) is 22.0 Å². The third kappa shape index (κ3) is 3.10. The topological polar surface area (TPSA) is 34.2 Å². The van der Waals surface area contributed by atoms with Crippen LogP contribution in [0.15, 0.2) is 24.3 Å². The number of aromatic nitrogens is 1. The predicted molar refractivity (Wildman–Crippen MR) is 71.9 cm³/mol. The molecular formula is C14H16F2N2O. The molecule has 0 amide bonds. The van der Waals surface area contributed by atoms with E-state index < -0.39 is 6.61 Å². The first-order valence-corrected chi connectivity index (χ1v) is 6.21. The molecule has 1 aromatic heterocycles. The van der Waals surface area contributed by atoms with Crippen LogP contribution in [0.3, 0.4) is 0 Å². The number of hydrogen-bond donors (Lipinski definition) is 1. The summed E-state index contributed by atoms with van der Waals surface area (Å²) in [7, 11) is 0. The van der Waals surface area contributed by atoms with E-state index in [-0.39, 0.29) is 5.75 Å². The molecule has 0 spiro atoms. The molecule has 3 nitrogen and oxygen atoms in total. The van der Waals surface area contributed by atoms with Crippen molar-refractivity contribution in [1.29, 1.82) is 0 Å². The van der Waals surface area contributed by atoms with Gasteiger partial charge in [0.25, 0.3) is 0 Å². The van der Waals surface area contributed by atoms with Gasteiger partial charge in [-0.25, -0.2) is 4.98 Å². The Morgan fingerprint density at radius 3 is 2.84 bits per heavy atom. The van der Waals surface area contributed by atoms with Crippen molar-refractivity contribution >= 4 is 16.6 Å². The molecule has 2 aromatic rings. The van der Waals surface area contributed by atoms with Crippen LogP contribution in [-0.4, -0.2) is 18.1 Å². The van der Waals surface area contributed by atoms with Gasteiger partial charge in [-0.05, 0) is 25.5 Å². The summed E-state index contributed by atoms with van der Waals surface area (Å²) in [5, 5.41) is 4.06. The molecule has 0 aliphatic rings. The number of para-hydroxylation sites is 1. The molecule has 0 saturated carbocycles. The molecule has 19 heavy (non-hydrogen) atoms. The highest BCUT2D eigenvalue weighted by molar-refractivity contribution is 5.95. The van der Waals surface area contributed by atoms with Gasteiger partial charge in [0.15, 0.2) is 5.75 Å². The van der Waals surface area contributed by atoms with Crippen LogP contribution in [0.5, 0.6) is 5.75 Å². The normalized spacial score (nSPS) is 11.0. The third-order valence-electron chi connectivity index (χ3n) is 2.71. The first-order valence-electron chi connectivity index (χ1n) is 6.21. The SMILES string of the molecule is CCCNc1cc(C)nc2c(OC(F)F)cccc12. The highest BCUT2D eigenvalue weighted by atomic mass is 19.3. The van der Waals surface area contributed by atoms with E-state index in [1.54, 1.807) is 6.07 Å². The Hall–Kier alpha value is -1.91. The van der Waals surface area contributed by atoms with Gasteiger partial charge >= 0.3 is 6.61 Å². The van der Waals surface area contributed by atoms with Gasteiger partial charge in [-0.15, -0.1) is 0 Å². The summed E-state index contributed by atoms with van der Waals surface area (Å²) >= 11 is 0. The molecule has 102 valence electrons. The lowest BCUT2D eigenvalue weighted by Gasteiger charge is -2.13. The zero-order valence-corrected chi connectivity index (χ0v) is 10.9. The van der Waals surface area contributed by atoms with Crippen molar-refractivity contribution in [3.05, 3.63) is 30.0 Å². The number of alkyl halides is 2. The molecular weight excluding hydrogens is 250 g/mol. The summed E-state index contributed by atoms with van der Waals surface area (Å²) < 4.78 is 29.3. The van der Waals surface area contributed by atoms with Crippen LogP contribution in [0, 0.1) is 6.92 Å². The number of rotatable bonds is 5. The Balaban J connectivity index is 2.53. The number of ether oxygens (including phenoxy) is 1. The average molecular weight is 266 g/mol. The fourth-order valence-electron chi connectivity index (χ4n) is 1.95. The van der Waals surface area contributed by atoms with Gasteiger partial charge in [0, 0.05) is 23.3 Å². The van der Waals surface area contributed by atoms with E-state index in [0.717, 1.165) is 29.7 Å². The highest BCUT2D eigenvalue weighted by Gasteiger charge is 2.12. The molecule has 1 N–H and O–H groups in total. The standard InChI is InChI=1S/C14H16F2N2O/c1-3-7-17-11-8-9(2)18-13-10(11)5-4-6-12(13)19-14(15)16/h4-6,8,14H,3,7H2,1-2H3,(H,17,18). The summed E-state index contributed by atoms with van der Waals surface area (Å²) in [5.41, 5.74) is 2.11. The largest absolute Gasteiger partial charge is 0.432 e. The number of halogens is 2. The van der Waals surface area contributed by atoms with Crippen molar-refractivity contribution in [3.63, 3.8) is 0 Å². The predicted octanol–water partition coefficient (Wildman–Crippen LogP) is 3.97. The minimum absolute atomic E-state index is 0.107. The lowest BCUT2D eigenvalue weighted by molar-refractivity contribution is -0.0489. The van der Waals surface area contributed by atoms with Crippen molar-refractivity contribution < 1.29 is 13.5 Å². The third-order valence-corrected chi connectivity index (χ3v) is 2.71. The van der Waals surface area contributed by atoms with Crippen molar-refractivity contribution in [2.45, 2.75) is 26.9 Å². The van der Waals surface area contributed by atoms with E-state index in [1.165, 1.54) is 6.07 Å². The second-order valence-electron chi connectivity index (χ2n) is 4.27. The van der Waals surface area contributed by atoms with Crippen LogP contribution < -0.4 is 10.1 Å². The quantitative estimate of drug-likeness (QED) is 0.889. The number of anilines is 1. The molecule has 0 fully saturated rings. The molecule has 5 heteroatoms. The summed E-state index contributed by atoms with van der Waals surface area (Å²) in [4.78, 5) is 4.30. The van der Waals surface area contributed by atoms with Crippen LogP contribution in [0.1, 0.15) is 19.0 Å². The van der Waals surface area contributed by atoms with Crippen molar-refractivity contribution in [3.8, 4) is 5.75 Å². The van der Waals surface area contributed by atoms with Gasteiger partial charge in [-0.3, -0.25) is 0 Å². The first-order chi connectivity index (χ1) is 9.11. The number of hydrogen-bond acceptors (Lipinski definition) is 3. The number of nitrogens with one attached hydrogen (secondary N) is 1. The molecule has 0 atom stereocenters. The van der Waals surface area contributed by atoms with Gasteiger partial charge in [-0.2, -0.15) is 8.78 Å². The summed E-state index contributed by atoms with van der Waals surface area (Å²) in [6.07, 6.45) is 0.982. The smallest absolute Gasteiger partial charge is 0.387 e. The van der Waals surface area contributed by atoms with Gasteiger partial charge < -0.3 is 10.1 Å². The average Bonchev–Trinajstić information content (AvgIpc) is 2.36. The highest BCUT2D eigenvalue weighted by Crippen LogP contribution is 2.30. The monoisotopic (exact) mass is 266 g/mol. The first kappa shape index (κ1) is 13.5. The van der Waals surface area contributed by atoms with E-state index >= 15 is 0 Å². The van der Waals surface area contributed by atoms with Gasteiger partial charge in [0.05, 0.1) is 0 Å². The maximum absolute atomic E-state index is 12.4. The maximum atomic E-state index is 12.4. The lowest BCUT2D eigenvalue weighted by atomic mass is 10.1. The number of benzene rings is 1. The fourth-order valence-corrected chi connectivity index (χ4v) is 1.95. The fraction of sp³-hybridized carbons (Fsp3) is 0.357. The van der Waals surface area contributed by atoms with Crippen LogP contribution in [0.2, 0.25) is 0 Å². The van der Waals surface area contributed by atoms with Crippen molar-refractivity contribution in [1.82, 2.24) is 4.98 Å². The van der Waals surface area contributed by atoms with E-state index in [4.69, 9.17) is 0 Å². The van der Waals surface area contributed by atoms with Crippen LogP contribution in [-0.2, 0) is 0 Å². The Labute approximate surface area is 110 Å². The second kappa shape index (κ2) is 5.82. The Kier molecular flexibility index (Phi) is 4.14. The maximum Gasteiger partial charge on any atom is 0.387 e. The Morgan fingerprint density at radius 2 is 2.16 bits per heavy atom. The van der Waals surface area contributed by atoms with Gasteiger partial charge in [0.2, 0.25) is 0 Å². The van der Waals surface area contributed by atoms with Crippen LogP contribution in [0.25, 0.3) is 10.9 Å². The van der Waals surface area contributed by atoms with Crippen LogP contribution >= 0.6 is 0 Å². The van der Waals surface area contributed by atoms with Gasteiger partial charge in [0.1, 0.15) is 5.52 Å². The Bertz CT molecular complexity index is 573. The molecule has 0 saturated heterocycles. The summed E-state index contributed by atoms with van der Waals surface area (Å²) in [6, 6.07) is 6.95. The van der Waals surface area contributed by atoms with Crippen LogP contribution in [0.4, 0.5) is 14.5 Å². The summed E-state index contributed by atoms with van der Waals surface area (Å²) in [6.45, 7) is 1.86. The molecule has 1 aromatic carbocycles. The molecule has 0 aliphatic heterocycles. The van der Waals surface area contributed by atoms with E-state index in [0.29, 0.717) is 5.52 Å². The zero-order valence-electron chi connectivity index (χ0n) is 10.9. The lowest BCUT2D eigenvalue weighted by Crippen LogP contribution is -2.05. The van der Waals surface area contributed by atoms with Crippen molar-refractivity contribution in [2.75, 3.05) is 11.9 Å².